The molecule has 0 atom stereocenters. The zero-order valence-corrected chi connectivity index (χ0v) is 15.1. The van der Waals surface area contributed by atoms with Crippen molar-refractivity contribution in [2.45, 2.75) is 25.2 Å². The van der Waals surface area contributed by atoms with Gasteiger partial charge < -0.3 is 5.32 Å². The van der Waals surface area contributed by atoms with Gasteiger partial charge in [0.25, 0.3) is 15.9 Å². The summed E-state index contributed by atoms with van der Waals surface area (Å²) in [4.78, 5) is 12.2. The molecule has 1 amide bonds. The maximum atomic E-state index is 12.5. The molecule has 0 saturated carbocycles. The van der Waals surface area contributed by atoms with Crippen LogP contribution in [0.1, 0.15) is 29.3 Å². The van der Waals surface area contributed by atoms with Crippen LogP contribution in [0, 0.1) is 6.92 Å². The Kier molecular flexibility index (Phi) is 6.36. The van der Waals surface area contributed by atoms with Gasteiger partial charge in [-0.1, -0.05) is 35.9 Å². The molecule has 2 aromatic rings. The Bertz CT molecular complexity index is 856. The van der Waals surface area contributed by atoms with Crippen LogP contribution in [0.25, 0.3) is 0 Å². The summed E-state index contributed by atoms with van der Waals surface area (Å²) in [5.41, 5.74) is 1.83. The molecule has 0 unspecified atom stereocenters. The van der Waals surface area contributed by atoms with Crippen LogP contribution < -0.4 is 10.0 Å². The van der Waals surface area contributed by atoms with E-state index in [2.05, 4.69) is 10.0 Å². The summed E-state index contributed by atoms with van der Waals surface area (Å²) < 4.78 is 27.5. The summed E-state index contributed by atoms with van der Waals surface area (Å²) in [6.07, 6.45) is 4.60. The van der Waals surface area contributed by atoms with Gasteiger partial charge in [0.2, 0.25) is 0 Å². The molecule has 2 aromatic carbocycles. The Hall–Kier alpha value is -2.60. The number of allylic oxidation sites excluding steroid dienone is 1. The van der Waals surface area contributed by atoms with Crippen molar-refractivity contribution in [3.8, 4) is 0 Å². The summed E-state index contributed by atoms with van der Waals surface area (Å²) in [5, 5.41) is 2.76. The molecule has 0 aliphatic rings. The number of benzene rings is 2. The lowest BCUT2D eigenvalue weighted by Gasteiger charge is -2.10. The number of aryl methyl sites for hydroxylation is 1. The molecule has 0 heterocycles. The normalized spacial score (nSPS) is 11.4. The number of hydrogen-bond donors (Lipinski definition) is 2. The molecule has 0 fully saturated rings. The third-order valence-electron chi connectivity index (χ3n) is 3.54. The first kappa shape index (κ1) is 18.7. The molecule has 0 bridgehead atoms. The van der Waals surface area contributed by atoms with Crippen LogP contribution >= 0.6 is 0 Å². The van der Waals surface area contributed by atoms with Crippen LogP contribution in [0.15, 0.2) is 65.6 Å². The lowest BCUT2D eigenvalue weighted by Crippen LogP contribution is -2.24. The molecule has 2 N–H and O–H groups in total. The fourth-order valence-corrected chi connectivity index (χ4v) is 3.28. The molecule has 25 heavy (non-hydrogen) atoms. The molecular formula is C19H22N2O3S. The first-order chi connectivity index (χ1) is 11.9. The van der Waals surface area contributed by atoms with Gasteiger partial charge in [0.05, 0.1) is 4.90 Å². The zero-order valence-electron chi connectivity index (χ0n) is 14.3. The van der Waals surface area contributed by atoms with Gasteiger partial charge in [-0.05, 0) is 50.6 Å². The first-order valence-corrected chi connectivity index (χ1v) is 9.49. The largest absolute Gasteiger partial charge is 0.352 e. The molecule has 6 heteroatoms. The van der Waals surface area contributed by atoms with Crippen molar-refractivity contribution in [1.29, 1.82) is 0 Å². The van der Waals surface area contributed by atoms with Crippen molar-refractivity contribution < 1.29 is 13.2 Å². The topological polar surface area (TPSA) is 75.3 Å². The summed E-state index contributed by atoms with van der Waals surface area (Å²) in [6.45, 7) is 4.34. The summed E-state index contributed by atoms with van der Waals surface area (Å²) in [5.74, 6) is -0.295. The Morgan fingerprint density at radius 3 is 2.52 bits per heavy atom. The number of amides is 1. The van der Waals surface area contributed by atoms with Crippen LogP contribution in [0.5, 0.6) is 0 Å². The maximum absolute atomic E-state index is 12.5. The number of rotatable bonds is 7. The summed E-state index contributed by atoms with van der Waals surface area (Å²) in [6, 6.07) is 13.0. The first-order valence-electron chi connectivity index (χ1n) is 8.01. The minimum Gasteiger partial charge on any atom is -0.352 e. The van der Waals surface area contributed by atoms with Crippen LogP contribution in [0.3, 0.4) is 0 Å². The highest BCUT2D eigenvalue weighted by atomic mass is 32.2. The van der Waals surface area contributed by atoms with E-state index < -0.39 is 10.0 Å². The number of hydrogen-bond acceptors (Lipinski definition) is 3. The number of sulfonamides is 1. The number of anilines is 1. The summed E-state index contributed by atoms with van der Waals surface area (Å²) in [7, 11) is -3.75. The second-order valence-electron chi connectivity index (χ2n) is 5.61. The van der Waals surface area contributed by atoms with E-state index in [1.807, 2.05) is 38.1 Å². The lowest BCUT2D eigenvalue weighted by molar-refractivity contribution is 0.0954. The van der Waals surface area contributed by atoms with Crippen molar-refractivity contribution in [3.05, 3.63) is 71.8 Å². The molecule has 5 nitrogen and oxygen atoms in total. The second-order valence-corrected chi connectivity index (χ2v) is 7.30. The van der Waals surface area contributed by atoms with E-state index in [0.717, 1.165) is 12.0 Å². The molecule has 0 saturated heterocycles. The smallest absolute Gasteiger partial charge is 0.261 e. The molecule has 2 rings (SSSR count). The highest BCUT2D eigenvalue weighted by molar-refractivity contribution is 7.92. The van der Waals surface area contributed by atoms with E-state index in [0.29, 0.717) is 17.8 Å². The monoisotopic (exact) mass is 358 g/mol. The van der Waals surface area contributed by atoms with Gasteiger partial charge in [-0.15, -0.1) is 0 Å². The average molecular weight is 358 g/mol. The van der Waals surface area contributed by atoms with E-state index in [9.17, 15) is 13.2 Å². The quantitative estimate of drug-likeness (QED) is 0.588. The van der Waals surface area contributed by atoms with E-state index in [1.165, 1.54) is 12.1 Å². The van der Waals surface area contributed by atoms with Gasteiger partial charge in [-0.25, -0.2) is 8.42 Å². The Morgan fingerprint density at radius 2 is 1.84 bits per heavy atom. The van der Waals surface area contributed by atoms with E-state index >= 15 is 0 Å². The van der Waals surface area contributed by atoms with Crippen molar-refractivity contribution in [1.82, 2.24) is 5.32 Å². The van der Waals surface area contributed by atoms with Crippen LogP contribution in [0.2, 0.25) is 0 Å². The van der Waals surface area contributed by atoms with Gasteiger partial charge in [-0.2, -0.15) is 0 Å². The third kappa shape index (κ3) is 5.46. The molecular weight excluding hydrogens is 336 g/mol. The van der Waals surface area contributed by atoms with E-state index in [4.69, 9.17) is 0 Å². The Morgan fingerprint density at radius 1 is 1.12 bits per heavy atom. The lowest BCUT2D eigenvalue weighted by atomic mass is 10.2. The Labute approximate surface area is 148 Å². The highest BCUT2D eigenvalue weighted by Gasteiger charge is 2.16. The van der Waals surface area contributed by atoms with Gasteiger partial charge in [0.1, 0.15) is 0 Å². The van der Waals surface area contributed by atoms with E-state index in [1.54, 1.807) is 24.3 Å². The predicted molar refractivity (Wildman–Crippen MR) is 100 cm³/mol. The Balaban J connectivity index is 2.13. The van der Waals surface area contributed by atoms with Crippen LogP contribution in [0.4, 0.5) is 5.69 Å². The molecule has 0 aromatic heterocycles. The molecule has 0 aliphatic carbocycles. The van der Waals surface area contributed by atoms with Gasteiger partial charge in [0, 0.05) is 17.8 Å². The van der Waals surface area contributed by atoms with Gasteiger partial charge >= 0.3 is 0 Å². The van der Waals surface area contributed by atoms with Crippen LogP contribution in [-0.2, 0) is 10.0 Å². The average Bonchev–Trinajstić information content (AvgIpc) is 2.60. The zero-order chi connectivity index (χ0) is 18.3. The van der Waals surface area contributed by atoms with Crippen molar-refractivity contribution >= 4 is 21.6 Å². The SMILES string of the molecule is C/C=C/CCNC(=O)c1cccc(S(=O)(=O)Nc2ccc(C)cc2)c1. The molecule has 0 spiro atoms. The van der Waals surface area contributed by atoms with Crippen molar-refractivity contribution in [2.24, 2.45) is 0 Å². The van der Waals surface area contributed by atoms with Gasteiger partial charge in [-0.3, -0.25) is 9.52 Å². The highest BCUT2D eigenvalue weighted by Crippen LogP contribution is 2.17. The number of carbonyl (C=O) groups excluding carboxylic acids is 1. The third-order valence-corrected chi connectivity index (χ3v) is 4.92. The van der Waals surface area contributed by atoms with Crippen LogP contribution in [-0.4, -0.2) is 20.9 Å². The summed E-state index contributed by atoms with van der Waals surface area (Å²) >= 11 is 0. The van der Waals surface area contributed by atoms with Gasteiger partial charge in [0.15, 0.2) is 0 Å². The molecule has 0 aliphatic heterocycles. The van der Waals surface area contributed by atoms with E-state index in [-0.39, 0.29) is 10.8 Å². The fourth-order valence-electron chi connectivity index (χ4n) is 2.18. The van der Waals surface area contributed by atoms with Crippen molar-refractivity contribution in [2.75, 3.05) is 11.3 Å². The number of carbonyl (C=O) groups is 1. The minimum atomic E-state index is -3.75. The fraction of sp³-hybridized carbons (Fsp3) is 0.211. The van der Waals surface area contributed by atoms with Crippen molar-refractivity contribution in [3.63, 3.8) is 0 Å². The number of nitrogens with one attached hydrogen (secondary N) is 2. The second kappa shape index (κ2) is 8.48. The molecule has 132 valence electrons. The molecule has 0 radical (unpaired) electrons. The standard InChI is InChI=1S/C19H22N2O3S/c1-3-4-5-13-20-19(22)16-7-6-8-18(14-16)25(23,24)21-17-11-9-15(2)10-12-17/h3-4,6-12,14,21H,5,13H2,1-2H3,(H,20,22)/b4-3+. The maximum Gasteiger partial charge on any atom is 0.261 e. The predicted octanol–water partition coefficient (Wildman–Crippen LogP) is 3.49. The minimum absolute atomic E-state index is 0.0502.